The molecule has 2 aromatic carbocycles. The van der Waals surface area contributed by atoms with Gasteiger partial charge in [-0.15, -0.1) is 0 Å². The van der Waals surface area contributed by atoms with Crippen LogP contribution in [-0.2, 0) is 4.79 Å². The second-order valence-corrected chi connectivity index (χ2v) is 7.49. The number of carbonyl (C=O) groups is 1. The van der Waals surface area contributed by atoms with Crippen molar-refractivity contribution in [2.24, 2.45) is 5.73 Å². The van der Waals surface area contributed by atoms with Crippen molar-refractivity contribution in [3.05, 3.63) is 78.4 Å². The first-order valence-electron chi connectivity index (χ1n) is 10.1. The number of carbonyl (C=O) groups excluding carboxylic acids is 1. The number of hydrogen-bond donors (Lipinski definition) is 4. The normalized spacial score (nSPS) is 17.1. The third-order valence-corrected chi connectivity index (χ3v) is 5.00. The molecule has 11 heteroatoms. The Balaban J connectivity index is 1.63. The van der Waals surface area contributed by atoms with E-state index >= 15 is 0 Å². The van der Waals surface area contributed by atoms with Gasteiger partial charge in [0.15, 0.2) is 0 Å². The molecule has 1 aliphatic heterocycles. The number of allylic oxidation sites excluding steroid dienone is 2. The van der Waals surface area contributed by atoms with Crippen LogP contribution >= 0.6 is 0 Å². The zero-order valence-electron chi connectivity index (χ0n) is 17.8. The molecule has 6 nitrogen and oxygen atoms in total. The molecule has 0 amide bonds. The van der Waals surface area contributed by atoms with Gasteiger partial charge in [-0.3, -0.25) is 10.2 Å². The van der Waals surface area contributed by atoms with Crippen molar-refractivity contribution in [3.8, 4) is 0 Å². The number of alkyl halides is 4. The van der Waals surface area contributed by atoms with Crippen molar-refractivity contribution in [1.82, 2.24) is 0 Å². The minimum atomic E-state index is -4.21. The maximum absolute atomic E-state index is 14.4. The Bertz CT molecular complexity index is 1100. The average Bonchev–Trinajstić information content (AvgIpc) is 3.01. The zero-order valence-corrected chi connectivity index (χ0v) is 17.8. The van der Waals surface area contributed by atoms with Gasteiger partial charge in [0.05, 0.1) is 24.5 Å². The molecule has 0 bridgehead atoms. The van der Waals surface area contributed by atoms with Gasteiger partial charge in [0.1, 0.15) is 11.5 Å². The molecule has 0 spiro atoms. The molecule has 34 heavy (non-hydrogen) atoms. The second kappa shape index (κ2) is 10.0. The lowest BCUT2D eigenvalue weighted by Gasteiger charge is -2.18. The number of nitrogens with one attached hydrogen (secondary N) is 3. The fourth-order valence-electron chi connectivity index (χ4n) is 3.20. The number of ketones is 1. The number of hydrogen-bond acceptors (Lipinski definition) is 6. The summed E-state index contributed by atoms with van der Waals surface area (Å²) in [6.07, 6.45) is 3.59. The molecular weight excluding hydrogens is 457 g/mol. The van der Waals surface area contributed by atoms with Crippen molar-refractivity contribution in [2.75, 3.05) is 35.2 Å². The van der Waals surface area contributed by atoms with E-state index < -0.39 is 36.5 Å². The van der Waals surface area contributed by atoms with Gasteiger partial charge >= 0.3 is 11.8 Å². The van der Waals surface area contributed by atoms with E-state index in [1.807, 2.05) is 6.07 Å². The van der Waals surface area contributed by atoms with E-state index in [2.05, 4.69) is 10.6 Å². The van der Waals surface area contributed by atoms with Crippen LogP contribution < -0.4 is 21.3 Å². The third kappa shape index (κ3) is 5.60. The van der Waals surface area contributed by atoms with Crippen LogP contribution in [0.15, 0.2) is 72.6 Å². The van der Waals surface area contributed by atoms with E-state index in [-0.39, 0.29) is 29.3 Å². The molecule has 0 saturated carbocycles. The number of nitrogens with two attached hydrogens (primary N) is 1. The number of rotatable bonds is 9. The van der Waals surface area contributed by atoms with Crippen LogP contribution in [0.3, 0.4) is 0 Å². The first-order valence-corrected chi connectivity index (χ1v) is 10.1. The number of anilines is 3. The molecule has 0 aliphatic carbocycles. The Morgan fingerprint density at radius 2 is 1.74 bits per heavy atom. The van der Waals surface area contributed by atoms with Gasteiger partial charge in [0, 0.05) is 30.2 Å². The summed E-state index contributed by atoms with van der Waals surface area (Å²) < 4.78 is 68.0. The van der Waals surface area contributed by atoms with Gasteiger partial charge in [-0.25, -0.2) is 4.39 Å². The summed E-state index contributed by atoms with van der Waals surface area (Å²) in [6.45, 7) is -2.37. The molecule has 1 saturated heterocycles. The van der Waals surface area contributed by atoms with Crippen LogP contribution in [0.5, 0.6) is 0 Å². The Labute approximate surface area is 192 Å². The van der Waals surface area contributed by atoms with Gasteiger partial charge < -0.3 is 21.3 Å². The maximum atomic E-state index is 14.4. The first-order chi connectivity index (χ1) is 16.0. The number of halogens is 5. The number of benzene rings is 2. The fraction of sp³-hybridized carbons (Fsp3) is 0.217. The van der Waals surface area contributed by atoms with Crippen molar-refractivity contribution in [2.45, 2.75) is 11.8 Å². The Morgan fingerprint density at radius 1 is 1.09 bits per heavy atom. The summed E-state index contributed by atoms with van der Waals surface area (Å²) in [5, 5.41) is 13.6. The van der Waals surface area contributed by atoms with Gasteiger partial charge in [-0.05, 0) is 36.4 Å². The average molecular weight is 479 g/mol. The Morgan fingerprint density at radius 3 is 2.32 bits per heavy atom. The standard InChI is InChI=1S/C23H22F5N5O/c24-17-12-16(33-13-22(25,26)23(27,28)14-33)6-7-18(17)31-11-9-20(34)21(30)19(8-10-29)32-15-4-2-1-3-5-15/h1-9,11-12,30-32H,10,13-14,29H2/b11-9-,19-8-,30-21?. The van der Waals surface area contributed by atoms with Crippen LogP contribution in [0.1, 0.15) is 0 Å². The van der Waals surface area contributed by atoms with Crippen LogP contribution in [0, 0.1) is 11.2 Å². The molecule has 1 aliphatic rings. The second-order valence-electron chi connectivity index (χ2n) is 7.49. The molecule has 180 valence electrons. The quantitative estimate of drug-likeness (QED) is 0.243. The molecule has 3 rings (SSSR count). The molecule has 0 unspecified atom stereocenters. The van der Waals surface area contributed by atoms with Gasteiger partial charge in [-0.1, -0.05) is 18.2 Å². The summed E-state index contributed by atoms with van der Waals surface area (Å²) in [5.74, 6) is -10.0. The van der Waals surface area contributed by atoms with Crippen molar-refractivity contribution in [3.63, 3.8) is 0 Å². The van der Waals surface area contributed by atoms with Crippen LogP contribution in [0.25, 0.3) is 0 Å². The molecule has 5 N–H and O–H groups in total. The summed E-state index contributed by atoms with van der Waals surface area (Å²) in [7, 11) is 0. The minimum Gasteiger partial charge on any atom is -0.359 e. The number of para-hydroxylation sites is 1. The monoisotopic (exact) mass is 479 g/mol. The van der Waals surface area contributed by atoms with Gasteiger partial charge in [0.25, 0.3) is 0 Å². The van der Waals surface area contributed by atoms with E-state index in [1.165, 1.54) is 18.2 Å². The molecule has 0 radical (unpaired) electrons. The van der Waals surface area contributed by atoms with Gasteiger partial charge in [-0.2, -0.15) is 17.6 Å². The molecule has 1 heterocycles. The maximum Gasteiger partial charge on any atom is 0.329 e. The lowest BCUT2D eigenvalue weighted by molar-refractivity contribution is -0.172. The smallest absolute Gasteiger partial charge is 0.329 e. The topological polar surface area (TPSA) is 94.2 Å². The highest BCUT2D eigenvalue weighted by molar-refractivity contribution is 6.49. The summed E-state index contributed by atoms with van der Waals surface area (Å²) >= 11 is 0. The van der Waals surface area contributed by atoms with Crippen molar-refractivity contribution in [1.29, 1.82) is 5.41 Å². The predicted molar refractivity (Wildman–Crippen MR) is 121 cm³/mol. The SMILES string of the molecule is N=C(C(=O)/C=C\Nc1ccc(N2CC(F)(F)C(F)(F)C2)cc1F)/C(=C/CN)Nc1ccccc1. The van der Waals surface area contributed by atoms with E-state index in [1.54, 1.807) is 24.3 Å². The zero-order chi connectivity index (χ0) is 24.9. The molecule has 0 atom stereocenters. The minimum absolute atomic E-state index is 0.0826. The van der Waals surface area contributed by atoms with Crippen LogP contribution in [0.4, 0.5) is 39.0 Å². The van der Waals surface area contributed by atoms with Crippen molar-refractivity contribution < 1.29 is 26.7 Å². The molecular formula is C23H22F5N5O. The highest BCUT2D eigenvalue weighted by Gasteiger charge is 2.63. The van der Waals surface area contributed by atoms with Gasteiger partial charge in [0.2, 0.25) is 5.78 Å². The van der Waals surface area contributed by atoms with Crippen LogP contribution in [-0.4, -0.2) is 43.0 Å². The molecule has 1 fully saturated rings. The lowest BCUT2D eigenvalue weighted by atomic mass is 10.1. The largest absolute Gasteiger partial charge is 0.359 e. The van der Waals surface area contributed by atoms with E-state index in [4.69, 9.17) is 11.1 Å². The summed E-state index contributed by atoms with van der Waals surface area (Å²) in [6, 6.07) is 12.1. The lowest BCUT2D eigenvalue weighted by Crippen LogP contribution is -2.38. The molecule has 0 aromatic heterocycles. The molecule has 2 aromatic rings. The Kier molecular flexibility index (Phi) is 7.35. The summed E-state index contributed by atoms with van der Waals surface area (Å²) in [5.41, 5.74) is 5.75. The van der Waals surface area contributed by atoms with Crippen molar-refractivity contribution >= 4 is 28.6 Å². The van der Waals surface area contributed by atoms with E-state index in [0.29, 0.717) is 10.6 Å². The predicted octanol–water partition coefficient (Wildman–Crippen LogP) is 4.39. The third-order valence-electron chi connectivity index (χ3n) is 5.00. The highest BCUT2D eigenvalue weighted by atomic mass is 19.3. The van der Waals surface area contributed by atoms with E-state index in [0.717, 1.165) is 18.3 Å². The first kappa shape index (κ1) is 24.9. The highest BCUT2D eigenvalue weighted by Crippen LogP contribution is 2.42. The van der Waals surface area contributed by atoms with Crippen LogP contribution in [0.2, 0.25) is 0 Å². The summed E-state index contributed by atoms with van der Waals surface area (Å²) in [4.78, 5) is 13.1. The number of nitrogens with zero attached hydrogens (tertiary/aromatic N) is 1. The fourth-order valence-corrected chi connectivity index (χ4v) is 3.20. The Hall–Kier alpha value is -3.73. The van der Waals surface area contributed by atoms with E-state index in [9.17, 15) is 26.7 Å².